The molecule has 0 heterocycles. The van der Waals surface area contributed by atoms with Crippen LogP contribution in [0.2, 0.25) is 0 Å². The number of carbonyl (C=O) groups is 3. The second kappa shape index (κ2) is 11.7. The zero-order valence-electron chi connectivity index (χ0n) is 18.6. The minimum Gasteiger partial charge on any atom is -0.480 e. The SMILES string of the molecule is COC(CNC(=O)OCC1c2ccccc2-c2ccccc21)C(=O)NC(CCSC)C(=O)O. The average molecular weight is 473 g/mol. The van der Waals surface area contributed by atoms with Crippen LogP contribution in [0.15, 0.2) is 48.5 Å². The van der Waals surface area contributed by atoms with E-state index in [0.29, 0.717) is 12.2 Å². The van der Waals surface area contributed by atoms with Gasteiger partial charge >= 0.3 is 12.1 Å². The van der Waals surface area contributed by atoms with Gasteiger partial charge < -0.3 is 25.2 Å². The van der Waals surface area contributed by atoms with Crippen molar-refractivity contribution in [2.75, 3.05) is 32.3 Å². The van der Waals surface area contributed by atoms with E-state index in [0.717, 1.165) is 22.3 Å². The number of carbonyl (C=O) groups excluding carboxylic acids is 2. The summed E-state index contributed by atoms with van der Waals surface area (Å²) >= 11 is 1.49. The summed E-state index contributed by atoms with van der Waals surface area (Å²) in [6, 6.07) is 15.0. The summed E-state index contributed by atoms with van der Waals surface area (Å²) in [7, 11) is 1.32. The molecule has 8 nitrogen and oxygen atoms in total. The van der Waals surface area contributed by atoms with Crippen molar-refractivity contribution >= 4 is 29.7 Å². The van der Waals surface area contributed by atoms with E-state index in [1.807, 2.05) is 42.7 Å². The summed E-state index contributed by atoms with van der Waals surface area (Å²) in [6.45, 7) is 0.00729. The second-order valence-corrected chi connectivity index (χ2v) is 8.60. The highest BCUT2D eigenvalue weighted by Gasteiger charge is 2.29. The van der Waals surface area contributed by atoms with Crippen LogP contribution in [0.5, 0.6) is 0 Å². The molecule has 176 valence electrons. The van der Waals surface area contributed by atoms with Crippen molar-refractivity contribution in [3.8, 4) is 11.1 Å². The van der Waals surface area contributed by atoms with Crippen LogP contribution >= 0.6 is 11.8 Å². The Morgan fingerprint density at radius 3 is 2.21 bits per heavy atom. The molecule has 0 spiro atoms. The minimum atomic E-state index is -1.11. The fraction of sp³-hybridized carbons (Fsp3) is 0.375. The fourth-order valence-corrected chi connectivity index (χ4v) is 4.34. The first kappa shape index (κ1) is 24.6. The Balaban J connectivity index is 1.53. The maximum absolute atomic E-state index is 12.4. The summed E-state index contributed by atoms with van der Waals surface area (Å²) in [5.74, 6) is -1.20. The number of ether oxygens (including phenoxy) is 2. The Kier molecular flexibility index (Phi) is 8.73. The lowest BCUT2D eigenvalue weighted by Gasteiger charge is -2.20. The van der Waals surface area contributed by atoms with Crippen LogP contribution in [-0.2, 0) is 19.1 Å². The molecule has 3 rings (SSSR count). The number of amides is 2. The van der Waals surface area contributed by atoms with Crippen molar-refractivity contribution in [1.82, 2.24) is 10.6 Å². The molecular formula is C24H28N2O6S. The van der Waals surface area contributed by atoms with Crippen molar-refractivity contribution in [3.05, 3.63) is 59.7 Å². The van der Waals surface area contributed by atoms with Gasteiger partial charge in [-0.25, -0.2) is 9.59 Å². The van der Waals surface area contributed by atoms with Gasteiger partial charge in [0.15, 0.2) is 6.10 Å². The summed E-state index contributed by atoms with van der Waals surface area (Å²) in [5.41, 5.74) is 4.47. The number of rotatable bonds is 11. The lowest BCUT2D eigenvalue weighted by atomic mass is 9.98. The molecule has 33 heavy (non-hydrogen) atoms. The van der Waals surface area contributed by atoms with Gasteiger partial charge in [-0.3, -0.25) is 4.79 Å². The molecule has 1 aliphatic rings. The molecule has 2 amide bonds. The second-order valence-electron chi connectivity index (χ2n) is 7.61. The molecule has 0 bridgehead atoms. The van der Waals surface area contributed by atoms with E-state index in [1.165, 1.54) is 18.9 Å². The molecule has 3 N–H and O–H groups in total. The Hall–Kier alpha value is -3.04. The van der Waals surface area contributed by atoms with Gasteiger partial charge in [0.1, 0.15) is 12.6 Å². The van der Waals surface area contributed by atoms with Gasteiger partial charge in [-0.1, -0.05) is 48.5 Å². The zero-order valence-corrected chi connectivity index (χ0v) is 19.4. The number of carboxylic acids is 1. The Morgan fingerprint density at radius 1 is 1.06 bits per heavy atom. The first-order valence-corrected chi connectivity index (χ1v) is 12.0. The van der Waals surface area contributed by atoms with Crippen LogP contribution in [0.3, 0.4) is 0 Å². The number of nitrogens with one attached hydrogen (secondary N) is 2. The minimum absolute atomic E-state index is 0.0718. The molecule has 2 atom stereocenters. The number of aliphatic carboxylic acids is 1. The van der Waals surface area contributed by atoms with E-state index in [2.05, 4.69) is 22.8 Å². The van der Waals surface area contributed by atoms with Gasteiger partial charge in [-0.15, -0.1) is 0 Å². The molecule has 0 saturated carbocycles. The van der Waals surface area contributed by atoms with Gasteiger partial charge in [-0.05, 0) is 40.7 Å². The van der Waals surface area contributed by atoms with Gasteiger partial charge in [0.2, 0.25) is 0 Å². The Bertz CT molecular complexity index is 953. The standard InChI is InChI=1S/C24H28N2O6S/c1-31-21(22(27)26-20(23(28)29)11-12-33-2)13-25-24(30)32-14-19-17-9-5-3-7-15(17)16-8-4-6-10-18(16)19/h3-10,19-21H,11-14H2,1-2H3,(H,25,30)(H,26,27)(H,28,29). The molecule has 2 aromatic carbocycles. The molecule has 0 aromatic heterocycles. The molecule has 2 unspecified atom stereocenters. The highest BCUT2D eigenvalue weighted by atomic mass is 32.2. The molecule has 0 fully saturated rings. The third kappa shape index (κ3) is 6.06. The fourth-order valence-electron chi connectivity index (χ4n) is 3.87. The Morgan fingerprint density at radius 2 is 1.67 bits per heavy atom. The van der Waals surface area contributed by atoms with Crippen molar-refractivity contribution in [1.29, 1.82) is 0 Å². The summed E-state index contributed by atoms with van der Waals surface area (Å²) in [6.07, 6.45) is 0.431. The molecule has 0 aliphatic heterocycles. The largest absolute Gasteiger partial charge is 0.480 e. The number of methoxy groups -OCH3 is 1. The van der Waals surface area contributed by atoms with Crippen molar-refractivity contribution in [3.63, 3.8) is 0 Å². The van der Waals surface area contributed by atoms with E-state index in [1.54, 1.807) is 0 Å². The normalized spacial score (nSPS) is 14.0. The number of carboxylic acid groups (broad SMARTS) is 1. The molecule has 2 aromatic rings. The van der Waals surface area contributed by atoms with Crippen LogP contribution in [0.25, 0.3) is 11.1 Å². The van der Waals surface area contributed by atoms with Crippen molar-refractivity contribution in [2.24, 2.45) is 0 Å². The molecule has 0 saturated heterocycles. The van der Waals surface area contributed by atoms with Gasteiger partial charge in [0.25, 0.3) is 5.91 Å². The smallest absolute Gasteiger partial charge is 0.407 e. The summed E-state index contributed by atoms with van der Waals surface area (Å²) in [4.78, 5) is 36.1. The first-order chi connectivity index (χ1) is 16.0. The number of thioether (sulfide) groups is 1. The third-order valence-electron chi connectivity index (χ3n) is 5.58. The lowest BCUT2D eigenvalue weighted by Crippen LogP contribution is -2.49. The van der Waals surface area contributed by atoms with Crippen LogP contribution < -0.4 is 10.6 Å². The third-order valence-corrected chi connectivity index (χ3v) is 6.22. The van der Waals surface area contributed by atoms with Gasteiger partial charge in [0.05, 0.1) is 6.54 Å². The average Bonchev–Trinajstić information content (AvgIpc) is 3.14. The maximum atomic E-state index is 12.4. The number of hydrogen-bond donors (Lipinski definition) is 3. The summed E-state index contributed by atoms with van der Waals surface area (Å²) < 4.78 is 10.6. The highest BCUT2D eigenvalue weighted by Crippen LogP contribution is 2.44. The van der Waals surface area contributed by atoms with Crippen molar-refractivity contribution in [2.45, 2.75) is 24.5 Å². The zero-order chi connectivity index (χ0) is 23.8. The topological polar surface area (TPSA) is 114 Å². The van der Waals surface area contributed by atoms with Crippen LogP contribution in [0.4, 0.5) is 4.79 Å². The van der Waals surface area contributed by atoms with E-state index in [4.69, 9.17) is 9.47 Å². The van der Waals surface area contributed by atoms with Crippen molar-refractivity contribution < 1.29 is 29.0 Å². The van der Waals surface area contributed by atoms with Gasteiger partial charge in [0, 0.05) is 13.0 Å². The molecule has 1 aliphatic carbocycles. The summed E-state index contributed by atoms with van der Waals surface area (Å²) in [5, 5.41) is 14.3. The van der Waals surface area contributed by atoms with Gasteiger partial charge in [-0.2, -0.15) is 11.8 Å². The number of fused-ring (bicyclic) bond motifs is 3. The molecule has 9 heteroatoms. The van der Waals surface area contributed by atoms with Crippen LogP contribution in [0.1, 0.15) is 23.5 Å². The number of benzene rings is 2. The predicted octanol–water partition coefficient (Wildman–Crippen LogP) is 2.86. The number of alkyl carbamates (subject to hydrolysis) is 1. The highest BCUT2D eigenvalue weighted by molar-refractivity contribution is 7.98. The lowest BCUT2D eigenvalue weighted by molar-refractivity contribution is -0.143. The van der Waals surface area contributed by atoms with E-state index < -0.39 is 30.1 Å². The van der Waals surface area contributed by atoms with Crippen LogP contribution in [0, 0.1) is 0 Å². The van der Waals surface area contributed by atoms with E-state index in [-0.39, 0.29) is 19.1 Å². The Labute approximate surface area is 197 Å². The van der Waals surface area contributed by atoms with Crippen LogP contribution in [-0.4, -0.2) is 67.5 Å². The first-order valence-electron chi connectivity index (χ1n) is 10.6. The maximum Gasteiger partial charge on any atom is 0.407 e. The van der Waals surface area contributed by atoms with E-state index >= 15 is 0 Å². The molecule has 0 radical (unpaired) electrons. The number of hydrogen-bond acceptors (Lipinski definition) is 6. The molecular weight excluding hydrogens is 444 g/mol. The monoisotopic (exact) mass is 472 g/mol. The predicted molar refractivity (Wildman–Crippen MR) is 126 cm³/mol. The van der Waals surface area contributed by atoms with E-state index in [9.17, 15) is 19.5 Å². The quantitative estimate of drug-likeness (QED) is 0.461.